The van der Waals surface area contributed by atoms with E-state index in [-0.39, 0.29) is 5.97 Å². The molecule has 0 aliphatic carbocycles. The zero-order chi connectivity index (χ0) is 20.5. The smallest absolute Gasteiger partial charge is 0.338 e. The lowest BCUT2D eigenvalue weighted by Gasteiger charge is -2.26. The number of rotatable bonds is 7. The first-order valence-corrected chi connectivity index (χ1v) is 9.83. The number of carbonyl (C=O) groups excluding carboxylic acids is 1. The average molecular weight is 406 g/mol. The summed E-state index contributed by atoms with van der Waals surface area (Å²) in [5.74, 6) is -0.331. The molecule has 1 heterocycles. The van der Waals surface area contributed by atoms with Gasteiger partial charge < -0.3 is 15.0 Å². The second-order valence-corrected chi connectivity index (χ2v) is 6.78. The van der Waals surface area contributed by atoms with Crippen LogP contribution in [0.1, 0.15) is 28.5 Å². The van der Waals surface area contributed by atoms with Crippen LogP contribution in [0.15, 0.2) is 79.0 Å². The Balaban J connectivity index is 1.72. The van der Waals surface area contributed by atoms with Gasteiger partial charge in [-0.25, -0.2) is 4.79 Å². The van der Waals surface area contributed by atoms with E-state index < -0.39 is 0 Å². The molecule has 1 N–H and O–H groups in total. The minimum atomic E-state index is -0.331. The molecule has 3 aromatic rings. The molecule has 0 spiro atoms. The Labute approximate surface area is 176 Å². The summed E-state index contributed by atoms with van der Waals surface area (Å²) in [5, 5.41) is 3.84. The van der Waals surface area contributed by atoms with Crippen LogP contribution >= 0.6 is 12.2 Å². The first kappa shape index (κ1) is 20.5. The number of nitrogens with zero attached hydrogens (tertiary/aromatic N) is 2. The van der Waals surface area contributed by atoms with E-state index >= 15 is 0 Å². The minimum absolute atomic E-state index is 0.331. The van der Waals surface area contributed by atoms with Gasteiger partial charge in [-0.05, 0) is 61.1 Å². The van der Waals surface area contributed by atoms with Gasteiger partial charge in [0, 0.05) is 18.4 Å². The quantitative estimate of drug-likeness (QED) is 0.456. The van der Waals surface area contributed by atoms with Gasteiger partial charge in [-0.3, -0.25) is 4.98 Å². The van der Waals surface area contributed by atoms with Crippen molar-refractivity contribution in [2.24, 2.45) is 0 Å². The van der Waals surface area contributed by atoms with Crippen molar-refractivity contribution in [3.63, 3.8) is 0 Å². The maximum absolute atomic E-state index is 11.8. The number of ether oxygens (including phenoxy) is 1. The van der Waals surface area contributed by atoms with Crippen molar-refractivity contribution in [2.45, 2.75) is 20.0 Å². The summed E-state index contributed by atoms with van der Waals surface area (Å²) in [6.07, 6.45) is 1.78. The second kappa shape index (κ2) is 10.3. The monoisotopic (exact) mass is 405 g/mol. The van der Waals surface area contributed by atoms with Crippen LogP contribution in [0.5, 0.6) is 0 Å². The molecule has 5 nitrogen and oxygen atoms in total. The van der Waals surface area contributed by atoms with Crippen LogP contribution in [0.25, 0.3) is 0 Å². The molecule has 148 valence electrons. The topological polar surface area (TPSA) is 54.5 Å². The van der Waals surface area contributed by atoms with E-state index in [1.54, 1.807) is 25.3 Å². The highest BCUT2D eigenvalue weighted by atomic mass is 32.1. The molecule has 0 bridgehead atoms. The Morgan fingerprint density at radius 1 is 1.00 bits per heavy atom. The Hall–Kier alpha value is -3.25. The third kappa shape index (κ3) is 6.12. The van der Waals surface area contributed by atoms with Crippen LogP contribution in [-0.2, 0) is 17.8 Å². The molecule has 6 heteroatoms. The van der Waals surface area contributed by atoms with Gasteiger partial charge in [0.1, 0.15) is 0 Å². The van der Waals surface area contributed by atoms with Gasteiger partial charge in [-0.15, -0.1) is 0 Å². The third-order valence-corrected chi connectivity index (χ3v) is 4.59. The fourth-order valence-electron chi connectivity index (χ4n) is 2.80. The molecule has 0 amide bonds. The highest BCUT2D eigenvalue weighted by Crippen LogP contribution is 2.15. The summed E-state index contributed by atoms with van der Waals surface area (Å²) in [5.41, 5.74) is 3.41. The normalized spacial score (nSPS) is 10.2. The Morgan fingerprint density at radius 2 is 1.72 bits per heavy atom. The molecule has 0 radical (unpaired) electrons. The fraction of sp³-hybridized carbons (Fsp3) is 0.174. The molecule has 0 saturated heterocycles. The highest BCUT2D eigenvalue weighted by Gasteiger charge is 2.13. The molecule has 0 fully saturated rings. The summed E-state index contributed by atoms with van der Waals surface area (Å²) in [6, 6.07) is 23.1. The summed E-state index contributed by atoms with van der Waals surface area (Å²) < 4.78 is 5.02. The number of pyridine rings is 1. The van der Waals surface area contributed by atoms with Crippen molar-refractivity contribution in [3.8, 4) is 0 Å². The minimum Gasteiger partial charge on any atom is -0.462 e. The van der Waals surface area contributed by atoms with E-state index in [0.717, 1.165) is 16.9 Å². The van der Waals surface area contributed by atoms with Crippen LogP contribution in [0.3, 0.4) is 0 Å². The molecular formula is C23H23N3O2S. The fourth-order valence-corrected chi connectivity index (χ4v) is 3.04. The van der Waals surface area contributed by atoms with Gasteiger partial charge in [-0.1, -0.05) is 36.4 Å². The van der Waals surface area contributed by atoms with Gasteiger partial charge in [-0.2, -0.15) is 0 Å². The lowest BCUT2D eigenvalue weighted by molar-refractivity contribution is 0.0526. The van der Waals surface area contributed by atoms with Crippen LogP contribution in [0, 0.1) is 0 Å². The number of aromatic nitrogens is 1. The van der Waals surface area contributed by atoms with Gasteiger partial charge in [0.05, 0.1) is 24.4 Å². The van der Waals surface area contributed by atoms with Crippen LogP contribution < -0.4 is 5.32 Å². The molecule has 0 aliphatic heterocycles. The number of anilines is 1. The van der Waals surface area contributed by atoms with E-state index in [0.29, 0.717) is 30.4 Å². The maximum atomic E-state index is 11.8. The highest BCUT2D eigenvalue weighted by molar-refractivity contribution is 7.80. The number of carbonyl (C=O) groups is 1. The van der Waals surface area contributed by atoms with E-state index in [1.165, 1.54) is 0 Å². The molecule has 0 unspecified atom stereocenters. The largest absolute Gasteiger partial charge is 0.462 e. The lowest BCUT2D eigenvalue weighted by atomic mass is 10.2. The Bertz CT molecular complexity index is 890. The summed E-state index contributed by atoms with van der Waals surface area (Å²) in [6.45, 7) is 3.38. The predicted molar refractivity (Wildman–Crippen MR) is 119 cm³/mol. The first-order valence-electron chi connectivity index (χ1n) is 9.42. The Morgan fingerprint density at radius 3 is 2.38 bits per heavy atom. The third-order valence-electron chi connectivity index (χ3n) is 4.23. The van der Waals surface area contributed by atoms with E-state index in [4.69, 9.17) is 17.0 Å². The number of hydrogen-bond donors (Lipinski definition) is 1. The van der Waals surface area contributed by atoms with E-state index in [1.807, 2.05) is 48.5 Å². The molecule has 0 saturated carbocycles. The number of benzene rings is 2. The van der Waals surface area contributed by atoms with Crippen molar-refractivity contribution in [1.82, 2.24) is 9.88 Å². The van der Waals surface area contributed by atoms with Crippen molar-refractivity contribution in [1.29, 1.82) is 0 Å². The second-order valence-electron chi connectivity index (χ2n) is 6.39. The molecule has 0 atom stereocenters. The van der Waals surface area contributed by atoms with Crippen LogP contribution in [0.4, 0.5) is 5.69 Å². The van der Waals surface area contributed by atoms with Crippen molar-refractivity contribution in [3.05, 3.63) is 95.8 Å². The van der Waals surface area contributed by atoms with Crippen molar-refractivity contribution < 1.29 is 9.53 Å². The molecule has 2 aromatic carbocycles. The number of esters is 1. The zero-order valence-corrected chi connectivity index (χ0v) is 17.1. The molecule has 29 heavy (non-hydrogen) atoms. The van der Waals surface area contributed by atoms with Crippen LogP contribution in [-0.4, -0.2) is 27.6 Å². The number of thiocarbonyl (C=S) groups is 1. The zero-order valence-electron chi connectivity index (χ0n) is 16.2. The first-order chi connectivity index (χ1) is 14.2. The predicted octanol–water partition coefficient (Wildman–Crippen LogP) is 4.66. The van der Waals surface area contributed by atoms with Gasteiger partial charge in [0.2, 0.25) is 0 Å². The van der Waals surface area contributed by atoms with E-state index in [9.17, 15) is 4.79 Å². The summed E-state index contributed by atoms with van der Waals surface area (Å²) in [4.78, 5) is 18.3. The SMILES string of the molecule is CCOC(=O)c1ccc(NC(=S)N(Cc2ccccc2)Cc2ccccn2)cc1. The molecule has 1 aromatic heterocycles. The van der Waals surface area contributed by atoms with Crippen LogP contribution in [0.2, 0.25) is 0 Å². The Kier molecular flexibility index (Phi) is 7.30. The standard InChI is InChI=1S/C23H23N3O2S/c1-2-28-22(27)19-11-13-20(14-12-19)25-23(29)26(16-18-8-4-3-5-9-18)17-21-10-6-7-15-24-21/h3-15H,2,16-17H2,1H3,(H,25,29). The molecule has 3 rings (SSSR count). The van der Waals surface area contributed by atoms with Crippen molar-refractivity contribution >= 4 is 29.0 Å². The van der Waals surface area contributed by atoms with Gasteiger partial charge in [0.15, 0.2) is 5.11 Å². The summed E-state index contributed by atoms with van der Waals surface area (Å²) >= 11 is 5.68. The lowest BCUT2D eigenvalue weighted by Crippen LogP contribution is -2.34. The van der Waals surface area contributed by atoms with Gasteiger partial charge in [0.25, 0.3) is 0 Å². The molecule has 0 aliphatic rings. The van der Waals surface area contributed by atoms with Gasteiger partial charge >= 0.3 is 5.97 Å². The maximum Gasteiger partial charge on any atom is 0.338 e. The number of nitrogens with one attached hydrogen (secondary N) is 1. The van der Waals surface area contributed by atoms with E-state index in [2.05, 4.69) is 27.3 Å². The molecular weight excluding hydrogens is 382 g/mol. The van der Waals surface area contributed by atoms with Crippen molar-refractivity contribution in [2.75, 3.05) is 11.9 Å². The number of hydrogen-bond acceptors (Lipinski definition) is 4. The average Bonchev–Trinajstić information content (AvgIpc) is 2.75. The summed E-state index contributed by atoms with van der Waals surface area (Å²) in [7, 11) is 0.